The van der Waals surface area contributed by atoms with Gasteiger partial charge in [-0.1, -0.05) is 12.1 Å². The molecule has 1 aromatic rings. The van der Waals surface area contributed by atoms with E-state index in [1.165, 1.54) is 17.3 Å². The lowest BCUT2D eigenvalue weighted by molar-refractivity contribution is -0.114. The van der Waals surface area contributed by atoms with Crippen molar-refractivity contribution in [3.05, 3.63) is 24.3 Å². The zero-order chi connectivity index (χ0) is 14.8. The topological polar surface area (TPSA) is 78.5 Å². The molecule has 7 heteroatoms. The third-order valence-corrected chi connectivity index (χ3v) is 5.07. The van der Waals surface area contributed by atoms with Crippen LogP contribution < -0.4 is 10.6 Å². The highest BCUT2D eigenvalue weighted by Crippen LogP contribution is 2.25. The molecule has 110 valence electrons. The van der Waals surface area contributed by atoms with Gasteiger partial charge in [-0.3, -0.25) is 4.79 Å². The third-order valence-electron chi connectivity index (χ3n) is 3.15. The van der Waals surface area contributed by atoms with Crippen molar-refractivity contribution in [2.45, 2.75) is 24.8 Å². The van der Waals surface area contributed by atoms with Gasteiger partial charge in [0.05, 0.1) is 5.69 Å². The Morgan fingerprint density at radius 1 is 1.40 bits per heavy atom. The number of nitrogens with one attached hydrogen (secondary N) is 2. The van der Waals surface area contributed by atoms with Crippen LogP contribution in [0.25, 0.3) is 0 Å². The van der Waals surface area contributed by atoms with E-state index in [9.17, 15) is 13.2 Å². The fraction of sp³-hybridized carbons (Fsp3) is 0.462. The Bertz CT molecular complexity index is 601. The van der Waals surface area contributed by atoms with E-state index in [4.69, 9.17) is 0 Å². The normalized spacial score (nSPS) is 20.6. The second-order valence-electron chi connectivity index (χ2n) is 4.90. The first-order valence-corrected chi connectivity index (χ1v) is 7.95. The molecule has 0 bridgehead atoms. The lowest BCUT2D eigenvalue weighted by Crippen LogP contribution is -2.51. The monoisotopic (exact) mass is 297 g/mol. The molecule has 1 saturated heterocycles. The van der Waals surface area contributed by atoms with E-state index in [2.05, 4.69) is 10.6 Å². The molecule has 1 fully saturated rings. The van der Waals surface area contributed by atoms with Crippen molar-refractivity contribution in [2.75, 3.05) is 25.0 Å². The number of anilines is 1. The van der Waals surface area contributed by atoms with Crippen molar-refractivity contribution in [1.29, 1.82) is 0 Å². The first-order valence-electron chi connectivity index (χ1n) is 6.51. The summed E-state index contributed by atoms with van der Waals surface area (Å²) in [6, 6.07) is 6.59. The first-order chi connectivity index (χ1) is 9.41. The summed E-state index contributed by atoms with van der Waals surface area (Å²) in [6.45, 7) is 4.79. The molecular weight excluding hydrogens is 278 g/mol. The first kappa shape index (κ1) is 15.0. The fourth-order valence-corrected chi connectivity index (χ4v) is 3.92. The summed E-state index contributed by atoms with van der Waals surface area (Å²) in [4.78, 5) is 11.3. The standard InChI is InChI=1S/C13H19N3O3S/c1-10-9-16(8-7-14-10)20(18,19)13-6-4-3-5-12(13)15-11(2)17/h3-6,10,14H,7-9H2,1-2H3,(H,15,17). The highest BCUT2D eigenvalue weighted by Gasteiger charge is 2.30. The highest BCUT2D eigenvalue weighted by molar-refractivity contribution is 7.89. The van der Waals surface area contributed by atoms with E-state index in [1.807, 2.05) is 6.92 Å². The maximum Gasteiger partial charge on any atom is 0.245 e. The molecule has 0 aliphatic carbocycles. The number of rotatable bonds is 3. The van der Waals surface area contributed by atoms with Crippen LogP contribution in [0.15, 0.2) is 29.2 Å². The van der Waals surface area contributed by atoms with E-state index in [0.29, 0.717) is 25.3 Å². The van der Waals surface area contributed by atoms with E-state index in [1.54, 1.807) is 18.2 Å². The van der Waals surface area contributed by atoms with Crippen molar-refractivity contribution in [2.24, 2.45) is 0 Å². The quantitative estimate of drug-likeness (QED) is 0.857. The van der Waals surface area contributed by atoms with Crippen LogP contribution in [-0.4, -0.2) is 44.3 Å². The molecule has 1 amide bonds. The van der Waals surface area contributed by atoms with Crippen molar-refractivity contribution in [3.63, 3.8) is 0 Å². The van der Waals surface area contributed by atoms with Crippen LogP contribution in [-0.2, 0) is 14.8 Å². The smallest absolute Gasteiger partial charge is 0.245 e. The summed E-state index contributed by atoms with van der Waals surface area (Å²) in [5.74, 6) is -0.290. The van der Waals surface area contributed by atoms with Gasteiger partial charge in [0.15, 0.2) is 0 Å². The average Bonchev–Trinajstić information content (AvgIpc) is 2.38. The summed E-state index contributed by atoms with van der Waals surface area (Å²) in [7, 11) is -3.59. The van der Waals surface area contributed by atoms with E-state index >= 15 is 0 Å². The third kappa shape index (κ3) is 3.17. The number of hydrogen-bond donors (Lipinski definition) is 2. The lowest BCUT2D eigenvalue weighted by atomic mass is 10.3. The molecule has 6 nitrogen and oxygen atoms in total. The number of para-hydroxylation sites is 1. The van der Waals surface area contributed by atoms with Gasteiger partial charge in [0, 0.05) is 32.6 Å². The number of benzene rings is 1. The molecule has 2 N–H and O–H groups in total. The number of nitrogens with zero attached hydrogens (tertiary/aromatic N) is 1. The van der Waals surface area contributed by atoms with Crippen LogP contribution >= 0.6 is 0 Å². The lowest BCUT2D eigenvalue weighted by Gasteiger charge is -2.31. The van der Waals surface area contributed by atoms with Crippen molar-refractivity contribution in [1.82, 2.24) is 9.62 Å². The van der Waals surface area contributed by atoms with Crippen LogP contribution in [0.3, 0.4) is 0 Å². The summed E-state index contributed by atoms with van der Waals surface area (Å²) < 4.78 is 26.8. The van der Waals surface area contributed by atoms with Crippen molar-refractivity contribution >= 4 is 21.6 Å². The molecule has 1 atom stereocenters. The van der Waals surface area contributed by atoms with Crippen molar-refractivity contribution in [3.8, 4) is 0 Å². The summed E-state index contributed by atoms with van der Waals surface area (Å²) in [5, 5.41) is 5.78. The summed E-state index contributed by atoms with van der Waals surface area (Å²) in [5.41, 5.74) is 0.325. The van der Waals surface area contributed by atoms with Crippen LogP contribution in [0.4, 0.5) is 5.69 Å². The van der Waals surface area contributed by atoms with Crippen LogP contribution in [0, 0.1) is 0 Å². The molecular formula is C13H19N3O3S. The molecule has 1 aliphatic heterocycles. The van der Waals surface area contributed by atoms with Gasteiger partial charge in [0.2, 0.25) is 15.9 Å². The summed E-state index contributed by atoms with van der Waals surface area (Å²) >= 11 is 0. The molecule has 1 unspecified atom stereocenters. The Labute approximate surface area is 119 Å². The predicted molar refractivity (Wildman–Crippen MR) is 77.0 cm³/mol. The van der Waals surface area contributed by atoms with Gasteiger partial charge in [-0.15, -0.1) is 0 Å². The minimum absolute atomic E-state index is 0.117. The average molecular weight is 297 g/mol. The molecule has 0 saturated carbocycles. The number of amides is 1. The Kier molecular flexibility index (Phi) is 4.42. The number of sulfonamides is 1. The SMILES string of the molecule is CC(=O)Nc1ccccc1S(=O)(=O)N1CCNC(C)C1. The van der Waals surface area contributed by atoms with Crippen molar-refractivity contribution < 1.29 is 13.2 Å². The Morgan fingerprint density at radius 2 is 2.10 bits per heavy atom. The number of piperazine rings is 1. The molecule has 1 heterocycles. The molecule has 0 aromatic heterocycles. The van der Waals surface area contributed by atoms with Crippen LogP contribution in [0.5, 0.6) is 0 Å². The van der Waals surface area contributed by atoms with E-state index in [0.717, 1.165) is 0 Å². The Hall–Kier alpha value is -1.44. The Morgan fingerprint density at radius 3 is 2.75 bits per heavy atom. The Balaban J connectivity index is 2.36. The number of carbonyl (C=O) groups excluding carboxylic acids is 1. The van der Waals surface area contributed by atoms with Gasteiger partial charge in [0.1, 0.15) is 4.90 Å². The largest absolute Gasteiger partial charge is 0.325 e. The minimum Gasteiger partial charge on any atom is -0.325 e. The zero-order valence-corrected chi connectivity index (χ0v) is 12.4. The fourth-order valence-electron chi connectivity index (χ4n) is 2.24. The minimum atomic E-state index is -3.59. The zero-order valence-electron chi connectivity index (χ0n) is 11.6. The molecule has 0 radical (unpaired) electrons. The van der Waals surface area contributed by atoms with Gasteiger partial charge in [-0.05, 0) is 19.1 Å². The number of carbonyl (C=O) groups is 1. The van der Waals surface area contributed by atoms with Gasteiger partial charge in [0.25, 0.3) is 0 Å². The van der Waals surface area contributed by atoms with Crippen LogP contribution in [0.2, 0.25) is 0 Å². The van der Waals surface area contributed by atoms with Gasteiger partial charge in [-0.2, -0.15) is 4.31 Å². The molecule has 20 heavy (non-hydrogen) atoms. The second kappa shape index (κ2) is 5.90. The second-order valence-corrected chi connectivity index (χ2v) is 6.80. The molecule has 1 aliphatic rings. The maximum atomic E-state index is 12.7. The molecule has 2 rings (SSSR count). The maximum absolute atomic E-state index is 12.7. The number of hydrogen-bond acceptors (Lipinski definition) is 4. The van der Waals surface area contributed by atoms with Gasteiger partial charge in [-0.25, -0.2) is 8.42 Å². The summed E-state index contributed by atoms with van der Waals surface area (Å²) in [6.07, 6.45) is 0. The molecule has 0 spiro atoms. The predicted octanol–water partition coefficient (Wildman–Crippen LogP) is 0.627. The van der Waals surface area contributed by atoms with E-state index in [-0.39, 0.29) is 16.8 Å². The van der Waals surface area contributed by atoms with E-state index < -0.39 is 10.0 Å². The van der Waals surface area contributed by atoms with Gasteiger partial charge >= 0.3 is 0 Å². The highest BCUT2D eigenvalue weighted by atomic mass is 32.2. The molecule has 1 aromatic carbocycles. The van der Waals surface area contributed by atoms with Gasteiger partial charge < -0.3 is 10.6 Å². The van der Waals surface area contributed by atoms with Crippen LogP contribution in [0.1, 0.15) is 13.8 Å².